The van der Waals surface area contributed by atoms with Crippen LogP contribution in [0.25, 0.3) is 0 Å². The second-order valence-corrected chi connectivity index (χ2v) is 6.89. The average Bonchev–Trinajstić information content (AvgIpc) is 2.83. The van der Waals surface area contributed by atoms with Gasteiger partial charge in [0.25, 0.3) is 5.91 Å². The molecule has 1 fully saturated rings. The summed E-state index contributed by atoms with van der Waals surface area (Å²) in [5, 5.41) is 5.07. The predicted octanol–water partition coefficient (Wildman–Crippen LogP) is 3.05. The number of nitrogens with one attached hydrogen (secondary N) is 1. The second-order valence-electron chi connectivity index (χ2n) is 5.98. The third-order valence-electron chi connectivity index (χ3n) is 3.96. The number of likely N-dealkylation sites (tertiary alicyclic amines) is 1. The van der Waals surface area contributed by atoms with Gasteiger partial charge in [0, 0.05) is 12.1 Å². The highest BCUT2D eigenvalue weighted by Gasteiger charge is 2.28. The highest BCUT2D eigenvalue weighted by atomic mass is 32.1. The minimum Gasteiger partial charge on any atom is -0.349 e. The van der Waals surface area contributed by atoms with Crippen molar-refractivity contribution in [1.82, 2.24) is 10.2 Å². The van der Waals surface area contributed by atoms with Crippen LogP contribution in [0.4, 0.5) is 0 Å². The van der Waals surface area contributed by atoms with Crippen molar-refractivity contribution in [2.75, 3.05) is 19.6 Å². The van der Waals surface area contributed by atoms with Gasteiger partial charge in [0.15, 0.2) is 0 Å². The largest absolute Gasteiger partial charge is 0.349 e. The van der Waals surface area contributed by atoms with Crippen molar-refractivity contribution in [3.05, 3.63) is 21.9 Å². The smallest absolute Gasteiger partial charge is 0.261 e. The molecule has 0 spiro atoms. The zero-order chi connectivity index (χ0) is 13.9. The van der Waals surface area contributed by atoms with Crippen molar-refractivity contribution >= 4 is 17.2 Å². The molecule has 1 aromatic heterocycles. The fourth-order valence-corrected chi connectivity index (χ4v) is 3.43. The maximum Gasteiger partial charge on any atom is 0.261 e. The van der Waals surface area contributed by atoms with Crippen molar-refractivity contribution < 1.29 is 4.79 Å². The van der Waals surface area contributed by atoms with Gasteiger partial charge in [0.2, 0.25) is 0 Å². The van der Waals surface area contributed by atoms with Gasteiger partial charge in [-0.05, 0) is 63.7 Å². The van der Waals surface area contributed by atoms with E-state index in [9.17, 15) is 4.79 Å². The third-order valence-corrected chi connectivity index (χ3v) is 4.98. The fourth-order valence-electron chi connectivity index (χ4n) is 2.59. The summed E-state index contributed by atoms with van der Waals surface area (Å²) in [6, 6.07) is 2.00. The monoisotopic (exact) mass is 280 g/mol. The molecule has 106 valence electrons. The van der Waals surface area contributed by atoms with E-state index < -0.39 is 0 Å². The van der Waals surface area contributed by atoms with E-state index in [0.29, 0.717) is 6.54 Å². The molecule has 19 heavy (non-hydrogen) atoms. The zero-order valence-electron chi connectivity index (χ0n) is 12.2. The van der Waals surface area contributed by atoms with Crippen LogP contribution in [0.1, 0.15) is 48.3 Å². The molecule has 1 saturated heterocycles. The van der Waals surface area contributed by atoms with Crippen LogP contribution in [0.15, 0.2) is 11.4 Å². The summed E-state index contributed by atoms with van der Waals surface area (Å²) in [6.45, 7) is 9.45. The lowest BCUT2D eigenvalue weighted by Gasteiger charge is -2.41. The van der Waals surface area contributed by atoms with E-state index in [-0.39, 0.29) is 11.4 Å². The Morgan fingerprint density at radius 3 is 2.63 bits per heavy atom. The second kappa shape index (κ2) is 6.06. The molecule has 2 rings (SSSR count). The fraction of sp³-hybridized carbons (Fsp3) is 0.667. The molecule has 0 aromatic carbocycles. The average molecular weight is 280 g/mol. The van der Waals surface area contributed by atoms with E-state index in [0.717, 1.165) is 23.5 Å². The Labute approximate surface area is 120 Å². The van der Waals surface area contributed by atoms with Gasteiger partial charge >= 0.3 is 0 Å². The molecule has 0 radical (unpaired) electrons. The van der Waals surface area contributed by atoms with Crippen molar-refractivity contribution in [2.24, 2.45) is 0 Å². The minimum absolute atomic E-state index is 0.0429. The maximum absolute atomic E-state index is 12.1. The Bertz CT molecular complexity index is 433. The standard InChI is InChI=1S/C15H24N2OS/c1-12-7-10-19-13(12)14(18)16-11-15(2,3)17-8-5-4-6-9-17/h7,10H,4-6,8-9,11H2,1-3H3,(H,16,18). The normalized spacial score (nSPS) is 17.4. The quantitative estimate of drug-likeness (QED) is 0.919. The molecule has 0 saturated carbocycles. The molecule has 1 aliphatic heterocycles. The van der Waals surface area contributed by atoms with Gasteiger partial charge in [-0.2, -0.15) is 0 Å². The number of rotatable bonds is 4. The molecule has 2 heterocycles. The maximum atomic E-state index is 12.1. The molecule has 0 atom stereocenters. The molecule has 0 bridgehead atoms. The van der Waals surface area contributed by atoms with E-state index in [1.807, 2.05) is 18.4 Å². The first-order chi connectivity index (χ1) is 9.00. The number of aryl methyl sites for hydroxylation is 1. The highest BCUT2D eigenvalue weighted by Crippen LogP contribution is 2.20. The third kappa shape index (κ3) is 3.57. The van der Waals surface area contributed by atoms with E-state index in [1.54, 1.807) is 0 Å². The molecule has 3 nitrogen and oxygen atoms in total. The number of carbonyl (C=O) groups excluding carboxylic acids is 1. The molecule has 1 N–H and O–H groups in total. The van der Waals surface area contributed by atoms with Gasteiger partial charge in [-0.15, -0.1) is 11.3 Å². The number of amides is 1. The van der Waals surface area contributed by atoms with Crippen molar-refractivity contribution in [1.29, 1.82) is 0 Å². The SMILES string of the molecule is Cc1ccsc1C(=O)NCC(C)(C)N1CCCCC1. The predicted molar refractivity (Wildman–Crippen MR) is 80.9 cm³/mol. The van der Waals surface area contributed by atoms with E-state index in [1.165, 1.54) is 30.6 Å². The van der Waals surface area contributed by atoms with Gasteiger partial charge < -0.3 is 5.32 Å². The zero-order valence-corrected chi connectivity index (χ0v) is 13.0. The van der Waals surface area contributed by atoms with Gasteiger partial charge in [0.05, 0.1) is 4.88 Å². The number of nitrogens with zero attached hydrogens (tertiary/aromatic N) is 1. The summed E-state index contributed by atoms with van der Waals surface area (Å²) in [7, 11) is 0. The molecule has 1 aliphatic rings. The van der Waals surface area contributed by atoms with E-state index in [4.69, 9.17) is 0 Å². The molecule has 1 aromatic rings. The van der Waals surface area contributed by atoms with Crippen LogP contribution < -0.4 is 5.32 Å². The Hall–Kier alpha value is -0.870. The summed E-state index contributed by atoms with van der Waals surface area (Å²) in [4.78, 5) is 15.5. The van der Waals surface area contributed by atoms with Crippen LogP contribution in [0.3, 0.4) is 0 Å². The number of hydrogen-bond donors (Lipinski definition) is 1. The van der Waals surface area contributed by atoms with Gasteiger partial charge in [-0.3, -0.25) is 9.69 Å². The molecular formula is C15H24N2OS. The van der Waals surface area contributed by atoms with Crippen LogP contribution in [0, 0.1) is 6.92 Å². The van der Waals surface area contributed by atoms with Crippen molar-refractivity contribution in [2.45, 2.75) is 45.6 Å². The number of hydrogen-bond acceptors (Lipinski definition) is 3. The van der Waals surface area contributed by atoms with Crippen LogP contribution in [0.5, 0.6) is 0 Å². The van der Waals surface area contributed by atoms with Crippen LogP contribution in [-0.2, 0) is 0 Å². The topological polar surface area (TPSA) is 32.3 Å². The van der Waals surface area contributed by atoms with Crippen molar-refractivity contribution in [3.8, 4) is 0 Å². The highest BCUT2D eigenvalue weighted by molar-refractivity contribution is 7.12. The van der Waals surface area contributed by atoms with Crippen LogP contribution in [-0.4, -0.2) is 36.0 Å². The Kier molecular flexibility index (Phi) is 4.63. The Morgan fingerprint density at radius 2 is 2.05 bits per heavy atom. The van der Waals surface area contributed by atoms with Gasteiger partial charge in [-0.1, -0.05) is 6.42 Å². The molecule has 4 heteroatoms. The van der Waals surface area contributed by atoms with Crippen LogP contribution >= 0.6 is 11.3 Å². The lowest BCUT2D eigenvalue weighted by Crippen LogP contribution is -2.53. The summed E-state index contributed by atoms with van der Waals surface area (Å²) in [5.41, 5.74) is 1.11. The number of carbonyl (C=O) groups is 1. The van der Waals surface area contributed by atoms with Gasteiger partial charge in [-0.25, -0.2) is 0 Å². The molecular weight excluding hydrogens is 256 g/mol. The van der Waals surface area contributed by atoms with Gasteiger partial charge in [0.1, 0.15) is 0 Å². The minimum atomic E-state index is 0.0429. The summed E-state index contributed by atoms with van der Waals surface area (Å²) < 4.78 is 0. The number of thiophene rings is 1. The van der Waals surface area contributed by atoms with Crippen molar-refractivity contribution in [3.63, 3.8) is 0 Å². The molecule has 0 unspecified atom stereocenters. The van der Waals surface area contributed by atoms with E-state index in [2.05, 4.69) is 24.1 Å². The lowest BCUT2D eigenvalue weighted by molar-refractivity contribution is 0.0800. The molecule has 1 amide bonds. The number of piperidine rings is 1. The first-order valence-corrected chi connectivity index (χ1v) is 7.96. The van der Waals surface area contributed by atoms with Crippen LogP contribution in [0.2, 0.25) is 0 Å². The first-order valence-electron chi connectivity index (χ1n) is 7.08. The summed E-state index contributed by atoms with van der Waals surface area (Å²) >= 11 is 1.52. The Morgan fingerprint density at radius 1 is 1.37 bits per heavy atom. The first kappa shape index (κ1) is 14.5. The Balaban J connectivity index is 1.90. The molecule has 0 aliphatic carbocycles. The lowest BCUT2D eigenvalue weighted by atomic mass is 9.98. The summed E-state index contributed by atoms with van der Waals surface area (Å²) in [5.74, 6) is 0.0672. The summed E-state index contributed by atoms with van der Waals surface area (Å²) in [6.07, 6.45) is 3.90. The van der Waals surface area contributed by atoms with E-state index >= 15 is 0 Å².